The molecule has 0 aliphatic heterocycles. The molecule has 0 N–H and O–H groups in total. The summed E-state index contributed by atoms with van der Waals surface area (Å²) in [5, 5.41) is 0. The summed E-state index contributed by atoms with van der Waals surface area (Å²) in [6.07, 6.45) is 1.39. The van der Waals surface area contributed by atoms with E-state index in [1.165, 1.54) is 13.2 Å². The number of Topliss-reactive ketones (excluding diaryl/α,β-unsaturated/α-hetero) is 1. The standard InChI is InChI=1S/C17H12O3/c1-20-15-9-5-8-12-16(15)14(18)10-13(17(12)19)11-6-3-2-4-7-11/h2-10H,1H3. The van der Waals surface area contributed by atoms with E-state index in [4.69, 9.17) is 4.74 Å². The van der Waals surface area contributed by atoms with Crippen molar-refractivity contribution in [1.82, 2.24) is 0 Å². The predicted octanol–water partition coefficient (Wildman–Crippen LogP) is 3.16. The minimum absolute atomic E-state index is 0.148. The molecule has 3 rings (SSSR count). The van der Waals surface area contributed by atoms with Gasteiger partial charge in [-0.2, -0.15) is 0 Å². The zero-order chi connectivity index (χ0) is 14.1. The second-order valence-electron chi connectivity index (χ2n) is 4.50. The minimum Gasteiger partial charge on any atom is -0.496 e. The Balaban J connectivity index is 2.17. The van der Waals surface area contributed by atoms with E-state index in [1.54, 1.807) is 18.2 Å². The van der Waals surface area contributed by atoms with E-state index >= 15 is 0 Å². The Morgan fingerprint density at radius 3 is 2.35 bits per heavy atom. The van der Waals surface area contributed by atoms with Crippen LogP contribution in [-0.4, -0.2) is 18.7 Å². The molecule has 0 aromatic heterocycles. The number of hydrogen-bond acceptors (Lipinski definition) is 3. The van der Waals surface area contributed by atoms with Gasteiger partial charge >= 0.3 is 0 Å². The monoisotopic (exact) mass is 264 g/mol. The van der Waals surface area contributed by atoms with Gasteiger partial charge in [-0.3, -0.25) is 9.59 Å². The third kappa shape index (κ3) is 1.84. The van der Waals surface area contributed by atoms with Crippen molar-refractivity contribution in [2.75, 3.05) is 7.11 Å². The van der Waals surface area contributed by atoms with Crippen molar-refractivity contribution in [2.24, 2.45) is 0 Å². The molecule has 0 saturated heterocycles. The summed E-state index contributed by atoms with van der Waals surface area (Å²) < 4.78 is 5.17. The molecule has 0 amide bonds. The summed E-state index contributed by atoms with van der Waals surface area (Å²) in [5.74, 6) is 0.0878. The first kappa shape index (κ1) is 12.4. The van der Waals surface area contributed by atoms with Gasteiger partial charge < -0.3 is 4.74 Å². The Bertz CT molecular complexity index is 727. The highest BCUT2D eigenvalue weighted by Gasteiger charge is 2.28. The van der Waals surface area contributed by atoms with E-state index < -0.39 is 0 Å². The van der Waals surface area contributed by atoms with Gasteiger partial charge in [-0.15, -0.1) is 0 Å². The lowest BCUT2D eigenvalue weighted by atomic mass is 9.86. The van der Waals surface area contributed by atoms with Crippen molar-refractivity contribution >= 4 is 17.1 Å². The maximum Gasteiger partial charge on any atom is 0.194 e. The second kappa shape index (κ2) is 4.78. The van der Waals surface area contributed by atoms with Crippen molar-refractivity contribution in [3.8, 4) is 5.75 Å². The largest absolute Gasteiger partial charge is 0.496 e. The molecule has 0 heterocycles. The van der Waals surface area contributed by atoms with Crippen LogP contribution in [0.2, 0.25) is 0 Å². The van der Waals surface area contributed by atoms with E-state index in [2.05, 4.69) is 0 Å². The summed E-state index contributed by atoms with van der Waals surface area (Å²) >= 11 is 0. The molecule has 20 heavy (non-hydrogen) atoms. The van der Waals surface area contributed by atoms with Crippen molar-refractivity contribution in [1.29, 1.82) is 0 Å². The van der Waals surface area contributed by atoms with Gasteiger partial charge in [0.05, 0.1) is 12.7 Å². The summed E-state index contributed by atoms with van der Waals surface area (Å²) in [5.41, 5.74) is 1.92. The molecular formula is C17H12O3. The Labute approximate surface area is 116 Å². The molecule has 0 fully saturated rings. The maximum absolute atomic E-state index is 12.6. The third-order valence-corrected chi connectivity index (χ3v) is 3.34. The first-order valence-electron chi connectivity index (χ1n) is 6.25. The van der Waals surface area contributed by atoms with E-state index in [-0.39, 0.29) is 11.6 Å². The van der Waals surface area contributed by atoms with Crippen molar-refractivity contribution in [3.63, 3.8) is 0 Å². The van der Waals surface area contributed by atoms with Gasteiger partial charge in [-0.1, -0.05) is 42.5 Å². The molecule has 0 saturated carbocycles. The fourth-order valence-electron chi connectivity index (χ4n) is 2.39. The van der Waals surface area contributed by atoms with Gasteiger partial charge in [0.1, 0.15) is 5.75 Å². The Kier molecular flexibility index (Phi) is 2.95. The summed E-state index contributed by atoms with van der Waals surface area (Å²) in [6, 6.07) is 14.3. The number of allylic oxidation sites excluding steroid dienone is 2. The lowest BCUT2D eigenvalue weighted by Crippen LogP contribution is -2.17. The number of carbonyl (C=O) groups excluding carboxylic acids is 2. The maximum atomic E-state index is 12.6. The van der Waals surface area contributed by atoms with Gasteiger partial charge in [0.15, 0.2) is 11.6 Å². The zero-order valence-electron chi connectivity index (χ0n) is 10.9. The van der Waals surface area contributed by atoms with Crippen LogP contribution in [0.4, 0.5) is 0 Å². The number of ketones is 2. The van der Waals surface area contributed by atoms with Crippen molar-refractivity contribution in [3.05, 3.63) is 71.3 Å². The molecule has 1 aliphatic rings. The number of methoxy groups -OCH3 is 1. The molecule has 0 unspecified atom stereocenters. The van der Waals surface area contributed by atoms with Gasteiger partial charge in [0.2, 0.25) is 0 Å². The molecule has 0 atom stereocenters. The first-order chi connectivity index (χ1) is 9.72. The lowest BCUT2D eigenvalue weighted by Gasteiger charge is -2.17. The Hall–Kier alpha value is -2.68. The lowest BCUT2D eigenvalue weighted by molar-refractivity contribution is 0.0999. The topological polar surface area (TPSA) is 43.4 Å². The second-order valence-corrected chi connectivity index (χ2v) is 4.50. The number of rotatable bonds is 2. The average molecular weight is 264 g/mol. The molecule has 2 aromatic carbocycles. The van der Waals surface area contributed by atoms with Crippen molar-refractivity contribution < 1.29 is 14.3 Å². The fourth-order valence-corrected chi connectivity index (χ4v) is 2.39. The highest BCUT2D eigenvalue weighted by Crippen LogP contribution is 2.32. The number of ether oxygens (including phenoxy) is 1. The first-order valence-corrected chi connectivity index (χ1v) is 6.25. The van der Waals surface area contributed by atoms with Gasteiger partial charge in [0.25, 0.3) is 0 Å². The SMILES string of the molecule is COc1cccc2c1C(=O)C=C(c1ccccc1)C2=O. The Morgan fingerprint density at radius 2 is 1.65 bits per heavy atom. The predicted molar refractivity (Wildman–Crippen MR) is 76.1 cm³/mol. The smallest absolute Gasteiger partial charge is 0.194 e. The van der Waals surface area contributed by atoms with E-state index in [0.29, 0.717) is 22.4 Å². The highest BCUT2D eigenvalue weighted by atomic mass is 16.5. The van der Waals surface area contributed by atoms with Crippen LogP contribution in [-0.2, 0) is 0 Å². The van der Waals surface area contributed by atoms with Gasteiger partial charge in [-0.05, 0) is 17.7 Å². The fraction of sp³-hybridized carbons (Fsp3) is 0.0588. The quantitative estimate of drug-likeness (QED) is 0.836. The summed E-state index contributed by atoms with van der Waals surface area (Å²) in [4.78, 5) is 24.8. The number of carbonyl (C=O) groups is 2. The molecule has 98 valence electrons. The van der Waals surface area contributed by atoms with Crippen LogP contribution in [0, 0.1) is 0 Å². The summed E-state index contributed by atoms with van der Waals surface area (Å²) in [7, 11) is 1.49. The average Bonchev–Trinajstić information content (AvgIpc) is 2.51. The van der Waals surface area contributed by atoms with Crippen LogP contribution in [0.25, 0.3) is 5.57 Å². The van der Waals surface area contributed by atoms with Crippen LogP contribution in [0.3, 0.4) is 0 Å². The van der Waals surface area contributed by atoms with Crippen LogP contribution in [0.15, 0.2) is 54.6 Å². The molecule has 0 spiro atoms. The van der Waals surface area contributed by atoms with E-state index in [9.17, 15) is 9.59 Å². The number of fused-ring (bicyclic) bond motifs is 1. The molecule has 3 nitrogen and oxygen atoms in total. The zero-order valence-corrected chi connectivity index (χ0v) is 10.9. The summed E-state index contributed by atoms with van der Waals surface area (Å²) in [6.45, 7) is 0. The van der Waals surface area contributed by atoms with Gasteiger partial charge in [-0.25, -0.2) is 0 Å². The van der Waals surface area contributed by atoms with Crippen LogP contribution in [0.1, 0.15) is 26.3 Å². The van der Waals surface area contributed by atoms with Crippen LogP contribution >= 0.6 is 0 Å². The third-order valence-electron chi connectivity index (χ3n) is 3.34. The van der Waals surface area contributed by atoms with E-state index in [1.807, 2.05) is 30.3 Å². The number of hydrogen-bond donors (Lipinski definition) is 0. The van der Waals surface area contributed by atoms with Crippen LogP contribution in [0.5, 0.6) is 5.75 Å². The minimum atomic E-state index is -0.198. The molecule has 3 heteroatoms. The molecular weight excluding hydrogens is 252 g/mol. The molecule has 0 bridgehead atoms. The van der Waals surface area contributed by atoms with Gasteiger partial charge in [0, 0.05) is 11.1 Å². The normalized spacial score (nSPS) is 13.8. The highest BCUT2D eigenvalue weighted by molar-refractivity contribution is 6.39. The molecule has 1 aliphatic carbocycles. The van der Waals surface area contributed by atoms with E-state index in [0.717, 1.165) is 5.56 Å². The van der Waals surface area contributed by atoms with Crippen LogP contribution < -0.4 is 4.74 Å². The number of benzene rings is 2. The molecule has 2 aromatic rings. The molecule has 0 radical (unpaired) electrons. The Morgan fingerprint density at radius 1 is 0.900 bits per heavy atom. The van der Waals surface area contributed by atoms with Crippen molar-refractivity contribution in [2.45, 2.75) is 0 Å².